The Kier molecular flexibility index (Phi) is 7.25. The molecule has 0 bridgehead atoms. The highest BCUT2D eigenvalue weighted by molar-refractivity contribution is 6.31. The number of amides is 2. The van der Waals surface area contributed by atoms with E-state index in [1.807, 2.05) is 38.1 Å². The fourth-order valence-corrected chi connectivity index (χ4v) is 2.87. The Morgan fingerprint density at radius 3 is 2.48 bits per heavy atom. The lowest BCUT2D eigenvalue weighted by atomic mass is 10.1. The molecule has 144 valence electrons. The third kappa shape index (κ3) is 5.73. The summed E-state index contributed by atoms with van der Waals surface area (Å²) < 4.78 is 5.27. The number of methoxy groups -OCH3 is 1. The normalized spacial score (nSPS) is 10.4. The first-order chi connectivity index (χ1) is 12.8. The van der Waals surface area contributed by atoms with E-state index in [4.69, 9.17) is 16.3 Å². The number of rotatable bonds is 7. The van der Waals surface area contributed by atoms with Gasteiger partial charge in [0.05, 0.1) is 12.8 Å². The van der Waals surface area contributed by atoms with E-state index in [1.54, 1.807) is 17.0 Å². The van der Waals surface area contributed by atoms with Crippen LogP contribution in [0.2, 0.25) is 5.02 Å². The van der Waals surface area contributed by atoms with Crippen LogP contribution in [0.3, 0.4) is 0 Å². The van der Waals surface area contributed by atoms with Crippen molar-refractivity contribution in [2.75, 3.05) is 19.0 Å². The summed E-state index contributed by atoms with van der Waals surface area (Å²) in [7, 11) is 1.52. The molecule has 0 radical (unpaired) electrons. The molecule has 0 atom stereocenters. The fourth-order valence-electron chi connectivity index (χ4n) is 2.72. The Labute approximate surface area is 165 Å². The van der Waals surface area contributed by atoms with E-state index < -0.39 is 0 Å². The Hall–Kier alpha value is -2.53. The van der Waals surface area contributed by atoms with Gasteiger partial charge in [0.25, 0.3) is 0 Å². The summed E-state index contributed by atoms with van der Waals surface area (Å²) in [5.74, 6) is 0.249. The Morgan fingerprint density at radius 1 is 1.15 bits per heavy atom. The summed E-state index contributed by atoms with van der Waals surface area (Å²) in [6, 6.07) is 11.4. The molecular weight excluding hydrogens is 364 g/mol. The highest BCUT2D eigenvalue weighted by atomic mass is 35.5. The highest BCUT2D eigenvalue weighted by Crippen LogP contribution is 2.31. The van der Waals surface area contributed by atoms with Gasteiger partial charge in [0.1, 0.15) is 5.75 Å². The van der Waals surface area contributed by atoms with E-state index in [2.05, 4.69) is 5.32 Å². The number of carbonyl (C=O) groups is 2. The maximum absolute atomic E-state index is 12.4. The molecular formula is C21H25ClN2O3. The van der Waals surface area contributed by atoms with Gasteiger partial charge in [0, 0.05) is 37.5 Å². The van der Waals surface area contributed by atoms with Gasteiger partial charge < -0.3 is 15.0 Å². The first kappa shape index (κ1) is 20.8. The topological polar surface area (TPSA) is 58.6 Å². The minimum atomic E-state index is -0.189. The van der Waals surface area contributed by atoms with Crippen LogP contribution in [0.15, 0.2) is 36.4 Å². The molecule has 0 unspecified atom stereocenters. The molecule has 0 saturated carbocycles. The van der Waals surface area contributed by atoms with Crippen LogP contribution < -0.4 is 10.1 Å². The van der Waals surface area contributed by atoms with Gasteiger partial charge in [0.2, 0.25) is 11.8 Å². The lowest BCUT2D eigenvalue weighted by Crippen LogP contribution is -2.31. The standard InChI is InChI=1S/C21H25ClN2O3/c1-14-7-5-6-8-17(14)13-24(16(3)25)10-9-21(26)23-19-11-15(2)18(22)12-20(19)27-4/h5-8,11-12H,9-10,13H2,1-4H3,(H,23,26). The molecule has 2 aromatic rings. The second kappa shape index (κ2) is 9.42. The molecule has 0 heterocycles. The predicted molar refractivity (Wildman–Crippen MR) is 108 cm³/mol. The Morgan fingerprint density at radius 2 is 1.85 bits per heavy atom. The molecule has 0 saturated heterocycles. The van der Waals surface area contributed by atoms with Crippen LogP contribution in [-0.4, -0.2) is 30.4 Å². The van der Waals surface area contributed by atoms with Crippen molar-refractivity contribution >= 4 is 29.1 Å². The van der Waals surface area contributed by atoms with Crippen LogP contribution in [-0.2, 0) is 16.1 Å². The fraction of sp³-hybridized carbons (Fsp3) is 0.333. The van der Waals surface area contributed by atoms with Crippen molar-refractivity contribution in [3.63, 3.8) is 0 Å². The third-order valence-corrected chi connectivity index (χ3v) is 4.84. The SMILES string of the molecule is COc1cc(Cl)c(C)cc1NC(=O)CCN(Cc1ccccc1C)C(C)=O. The minimum Gasteiger partial charge on any atom is -0.495 e. The number of nitrogens with zero attached hydrogens (tertiary/aromatic N) is 1. The van der Waals surface area contributed by atoms with Crippen molar-refractivity contribution in [2.45, 2.75) is 33.7 Å². The van der Waals surface area contributed by atoms with Gasteiger partial charge in [-0.2, -0.15) is 0 Å². The second-order valence-electron chi connectivity index (χ2n) is 6.47. The maximum Gasteiger partial charge on any atom is 0.226 e. The van der Waals surface area contributed by atoms with E-state index in [0.717, 1.165) is 16.7 Å². The minimum absolute atomic E-state index is 0.0639. The van der Waals surface area contributed by atoms with Crippen molar-refractivity contribution < 1.29 is 14.3 Å². The molecule has 0 aliphatic rings. The van der Waals surface area contributed by atoms with Crippen molar-refractivity contribution in [2.24, 2.45) is 0 Å². The van der Waals surface area contributed by atoms with E-state index in [0.29, 0.717) is 29.5 Å². The monoisotopic (exact) mass is 388 g/mol. The highest BCUT2D eigenvalue weighted by Gasteiger charge is 2.15. The summed E-state index contributed by atoms with van der Waals surface area (Å²) >= 11 is 6.09. The summed E-state index contributed by atoms with van der Waals surface area (Å²) in [6.45, 7) is 6.21. The van der Waals surface area contributed by atoms with Gasteiger partial charge >= 0.3 is 0 Å². The number of ether oxygens (including phenoxy) is 1. The van der Waals surface area contributed by atoms with E-state index >= 15 is 0 Å². The van der Waals surface area contributed by atoms with Gasteiger partial charge in [-0.25, -0.2) is 0 Å². The molecule has 1 N–H and O–H groups in total. The third-order valence-electron chi connectivity index (χ3n) is 4.43. The zero-order chi connectivity index (χ0) is 20.0. The number of nitrogens with one attached hydrogen (secondary N) is 1. The van der Waals surface area contributed by atoms with Gasteiger partial charge in [-0.3, -0.25) is 9.59 Å². The Balaban J connectivity index is 2.01. The number of halogens is 1. The van der Waals surface area contributed by atoms with Crippen LogP contribution in [0, 0.1) is 13.8 Å². The number of hydrogen-bond acceptors (Lipinski definition) is 3. The number of hydrogen-bond donors (Lipinski definition) is 1. The summed E-state index contributed by atoms with van der Waals surface area (Å²) in [6.07, 6.45) is 0.191. The van der Waals surface area contributed by atoms with Gasteiger partial charge in [-0.05, 0) is 36.6 Å². The van der Waals surface area contributed by atoms with Gasteiger partial charge in [-0.15, -0.1) is 0 Å². The molecule has 5 nitrogen and oxygen atoms in total. The van der Waals surface area contributed by atoms with Gasteiger partial charge in [-0.1, -0.05) is 35.9 Å². The van der Waals surface area contributed by atoms with E-state index in [1.165, 1.54) is 14.0 Å². The summed E-state index contributed by atoms with van der Waals surface area (Å²) in [5.41, 5.74) is 3.60. The zero-order valence-corrected chi connectivity index (χ0v) is 16.9. The van der Waals surface area contributed by atoms with Crippen LogP contribution in [0.1, 0.15) is 30.0 Å². The first-order valence-corrected chi connectivity index (χ1v) is 9.13. The van der Waals surface area contributed by atoms with Gasteiger partial charge in [0.15, 0.2) is 0 Å². The average molecular weight is 389 g/mol. The number of anilines is 1. The first-order valence-electron chi connectivity index (χ1n) is 8.75. The molecule has 2 aromatic carbocycles. The molecule has 2 rings (SSSR count). The zero-order valence-electron chi connectivity index (χ0n) is 16.1. The molecule has 6 heteroatoms. The quantitative estimate of drug-likeness (QED) is 0.767. The number of carbonyl (C=O) groups excluding carboxylic acids is 2. The molecule has 0 aromatic heterocycles. The van der Waals surface area contributed by atoms with Crippen molar-refractivity contribution in [1.82, 2.24) is 4.90 Å². The average Bonchev–Trinajstić information content (AvgIpc) is 2.62. The number of aryl methyl sites for hydroxylation is 2. The van der Waals surface area contributed by atoms with Crippen molar-refractivity contribution in [1.29, 1.82) is 0 Å². The van der Waals surface area contributed by atoms with Crippen molar-refractivity contribution in [3.8, 4) is 5.75 Å². The molecule has 0 fully saturated rings. The predicted octanol–water partition coefficient (Wildman–Crippen LogP) is 4.34. The second-order valence-corrected chi connectivity index (χ2v) is 6.87. The largest absolute Gasteiger partial charge is 0.495 e. The lowest BCUT2D eigenvalue weighted by molar-refractivity contribution is -0.129. The number of benzene rings is 2. The summed E-state index contributed by atoms with van der Waals surface area (Å²) in [4.78, 5) is 26.0. The van der Waals surface area contributed by atoms with Crippen LogP contribution >= 0.6 is 11.6 Å². The van der Waals surface area contributed by atoms with Crippen LogP contribution in [0.4, 0.5) is 5.69 Å². The molecule has 0 spiro atoms. The van der Waals surface area contributed by atoms with E-state index in [-0.39, 0.29) is 18.2 Å². The van der Waals surface area contributed by atoms with Crippen molar-refractivity contribution in [3.05, 3.63) is 58.1 Å². The molecule has 2 amide bonds. The lowest BCUT2D eigenvalue weighted by Gasteiger charge is -2.22. The van der Waals surface area contributed by atoms with Crippen LogP contribution in [0.5, 0.6) is 5.75 Å². The van der Waals surface area contributed by atoms with E-state index in [9.17, 15) is 9.59 Å². The smallest absolute Gasteiger partial charge is 0.226 e. The van der Waals surface area contributed by atoms with Crippen LogP contribution in [0.25, 0.3) is 0 Å². The molecule has 0 aliphatic heterocycles. The molecule has 27 heavy (non-hydrogen) atoms. The molecule has 0 aliphatic carbocycles. The summed E-state index contributed by atoms with van der Waals surface area (Å²) in [5, 5.41) is 3.41. The Bertz CT molecular complexity index is 836. The maximum atomic E-state index is 12.4.